The summed E-state index contributed by atoms with van der Waals surface area (Å²) in [5, 5.41) is 10.3. The number of nitrogens with zero attached hydrogens (tertiary/aromatic N) is 1. The van der Waals surface area contributed by atoms with Crippen LogP contribution in [0.15, 0.2) is 0 Å². The van der Waals surface area contributed by atoms with Crippen LogP contribution in [0.3, 0.4) is 0 Å². The highest BCUT2D eigenvalue weighted by molar-refractivity contribution is 9.10. The topological polar surface area (TPSA) is 78.7 Å². The van der Waals surface area contributed by atoms with Crippen molar-refractivity contribution in [1.82, 2.24) is 0 Å². The monoisotopic (exact) mass is 244 g/mol. The molecule has 0 aromatic carbocycles. The first-order valence-electron chi connectivity index (χ1n) is 2.61. The van der Waals surface area contributed by atoms with Crippen molar-refractivity contribution in [2.45, 2.75) is 4.45 Å². The van der Waals surface area contributed by atoms with Gasteiger partial charge in [0.15, 0.2) is 13.2 Å². The van der Waals surface area contributed by atoms with E-state index in [-0.39, 0.29) is 13.2 Å². The fraction of sp³-hybridized carbons (Fsp3) is 1.00. The van der Waals surface area contributed by atoms with Crippen LogP contribution in [0.25, 0.3) is 0 Å². The second-order valence-corrected chi connectivity index (χ2v) is 4.39. The maximum atomic E-state index is 10.4. The summed E-state index contributed by atoms with van der Waals surface area (Å²) in [6, 6.07) is 0. The van der Waals surface area contributed by atoms with Crippen molar-refractivity contribution < 1.29 is 18.5 Å². The van der Waals surface area contributed by atoms with Crippen molar-refractivity contribution >= 4 is 24.2 Å². The van der Waals surface area contributed by atoms with Gasteiger partial charge in [-0.15, -0.1) is 9.05 Å². The van der Waals surface area contributed by atoms with Crippen LogP contribution in [-0.4, -0.2) is 22.6 Å². The van der Waals surface area contributed by atoms with Gasteiger partial charge in [0.05, 0.1) is 0 Å². The standard InChI is InChI=1S/C3H4BrNO5P/c4-3(5(6)7)1-9-11(8)10-2-3/h1-2H2/q+1. The van der Waals surface area contributed by atoms with E-state index in [9.17, 15) is 14.7 Å². The molecule has 62 valence electrons. The third kappa shape index (κ3) is 1.93. The fourth-order valence-electron chi connectivity index (χ4n) is 0.488. The van der Waals surface area contributed by atoms with Crippen LogP contribution in [0, 0.1) is 10.1 Å². The van der Waals surface area contributed by atoms with Crippen LogP contribution < -0.4 is 0 Å². The molecule has 1 aliphatic heterocycles. The number of alkyl halides is 1. The molecule has 8 heteroatoms. The average Bonchev–Trinajstić information content (AvgIpc) is 1.95. The molecule has 1 fully saturated rings. The van der Waals surface area contributed by atoms with Gasteiger partial charge in [-0.2, -0.15) is 0 Å². The molecule has 11 heavy (non-hydrogen) atoms. The van der Waals surface area contributed by atoms with Crippen molar-refractivity contribution in [3.63, 3.8) is 0 Å². The first-order valence-corrected chi connectivity index (χ1v) is 4.50. The second kappa shape index (κ2) is 3.10. The van der Waals surface area contributed by atoms with E-state index in [0.29, 0.717) is 0 Å². The lowest BCUT2D eigenvalue weighted by molar-refractivity contribution is -0.542. The lowest BCUT2D eigenvalue weighted by Gasteiger charge is -2.14. The van der Waals surface area contributed by atoms with E-state index >= 15 is 0 Å². The molecule has 0 aliphatic carbocycles. The molecule has 0 aromatic rings. The molecule has 1 rings (SSSR count). The molecular weight excluding hydrogens is 241 g/mol. The maximum Gasteiger partial charge on any atom is 0.698 e. The van der Waals surface area contributed by atoms with Crippen LogP contribution in [0.2, 0.25) is 0 Å². The summed E-state index contributed by atoms with van der Waals surface area (Å²) in [7, 11) is -2.16. The smallest absolute Gasteiger partial charge is 0.263 e. The highest BCUT2D eigenvalue weighted by Gasteiger charge is 2.51. The van der Waals surface area contributed by atoms with E-state index in [1.54, 1.807) is 0 Å². The van der Waals surface area contributed by atoms with Gasteiger partial charge in [0.2, 0.25) is 0 Å². The van der Waals surface area contributed by atoms with Gasteiger partial charge in [0.25, 0.3) is 0 Å². The first kappa shape index (κ1) is 8.99. The molecule has 0 atom stereocenters. The van der Waals surface area contributed by atoms with Gasteiger partial charge < -0.3 is 0 Å². The second-order valence-electron chi connectivity index (χ2n) is 1.95. The number of nitro groups is 1. The number of halogens is 1. The zero-order valence-corrected chi connectivity index (χ0v) is 7.71. The molecule has 0 spiro atoms. The summed E-state index contributed by atoms with van der Waals surface area (Å²) >= 11 is 2.81. The molecule has 1 heterocycles. The summed E-state index contributed by atoms with van der Waals surface area (Å²) in [6.45, 7) is -0.482. The normalized spacial score (nSPS) is 35.2. The van der Waals surface area contributed by atoms with Gasteiger partial charge in [-0.3, -0.25) is 10.1 Å². The summed E-state index contributed by atoms with van der Waals surface area (Å²) in [5.41, 5.74) is 0. The Bertz CT molecular complexity index is 198. The minimum atomic E-state index is -2.16. The lowest BCUT2D eigenvalue weighted by Crippen LogP contribution is -2.42. The molecule has 0 bridgehead atoms. The predicted molar refractivity (Wildman–Crippen MR) is 38.2 cm³/mol. The largest absolute Gasteiger partial charge is 0.698 e. The Kier molecular flexibility index (Phi) is 2.54. The van der Waals surface area contributed by atoms with E-state index in [4.69, 9.17) is 0 Å². The van der Waals surface area contributed by atoms with Crippen molar-refractivity contribution in [3.05, 3.63) is 10.1 Å². The highest BCUT2D eigenvalue weighted by atomic mass is 79.9. The van der Waals surface area contributed by atoms with Gasteiger partial charge >= 0.3 is 12.7 Å². The Hall–Kier alpha value is -0.100. The Morgan fingerprint density at radius 2 is 2.00 bits per heavy atom. The van der Waals surface area contributed by atoms with Gasteiger partial charge in [0, 0.05) is 25.4 Å². The van der Waals surface area contributed by atoms with Gasteiger partial charge in [-0.05, 0) is 0 Å². The van der Waals surface area contributed by atoms with Crippen LogP contribution in [0.4, 0.5) is 0 Å². The lowest BCUT2D eigenvalue weighted by atomic mass is 10.4. The zero-order chi connectivity index (χ0) is 8.48. The minimum Gasteiger partial charge on any atom is -0.263 e. The Morgan fingerprint density at radius 3 is 2.36 bits per heavy atom. The highest BCUT2D eigenvalue weighted by Crippen LogP contribution is 2.36. The molecule has 6 nitrogen and oxygen atoms in total. The molecule has 0 radical (unpaired) electrons. The molecular formula is C3H4BrNO5P+. The Morgan fingerprint density at radius 1 is 1.55 bits per heavy atom. The zero-order valence-electron chi connectivity index (χ0n) is 5.23. The Balaban J connectivity index is 2.62. The quantitative estimate of drug-likeness (QED) is 0.227. The summed E-state index contributed by atoms with van der Waals surface area (Å²) in [4.78, 5) is 9.71. The van der Waals surface area contributed by atoms with Crippen molar-refractivity contribution in [1.29, 1.82) is 0 Å². The first-order chi connectivity index (χ1) is 5.04. The molecule has 0 saturated carbocycles. The molecule has 0 amide bonds. The van der Waals surface area contributed by atoms with Crippen molar-refractivity contribution in [2.75, 3.05) is 13.2 Å². The van der Waals surface area contributed by atoms with E-state index in [2.05, 4.69) is 25.0 Å². The number of hydrogen-bond donors (Lipinski definition) is 0. The van der Waals surface area contributed by atoms with E-state index in [0.717, 1.165) is 0 Å². The molecule has 1 saturated heterocycles. The molecule has 1 aliphatic rings. The summed E-state index contributed by atoms with van der Waals surface area (Å²) in [5.74, 6) is 0. The van der Waals surface area contributed by atoms with Crippen LogP contribution in [0.5, 0.6) is 0 Å². The van der Waals surface area contributed by atoms with Crippen LogP contribution >= 0.6 is 24.2 Å². The van der Waals surface area contributed by atoms with Gasteiger partial charge in [-0.1, -0.05) is 0 Å². The van der Waals surface area contributed by atoms with Crippen molar-refractivity contribution in [3.8, 4) is 0 Å². The van der Waals surface area contributed by atoms with Crippen LogP contribution in [0.1, 0.15) is 0 Å². The Labute approximate surface area is 71.1 Å². The van der Waals surface area contributed by atoms with Crippen molar-refractivity contribution in [2.24, 2.45) is 0 Å². The number of rotatable bonds is 1. The third-order valence-electron chi connectivity index (χ3n) is 1.11. The summed E-state index contributed by atoms with van der Waals surface area (Å²) in [6.07, 6.45) is 0. The van der Waals surface area contributed by atoms with E-state index in [1.807, 2.05) is 0 Å². The van der Waals surface area contributed by atoms with E-state index < -0.39 is 17.6 Å². The maximum absolute atomic E-state index is 10.4. The average molecular weight is 245 g/mol. The molecule has 0 N–H and O–H groups in total. The predicted octanol–water partition coefficient (Wildman–Crippen LogP) is 1.06. The SMILES string of the molecule is O=[N+]([O-])C1(Br)CO[P+](=O)OC1. The fourth-order valence-corrected chi connectivity index (χ4v) is 1.78. The van der Waals surface area contributed by atoms with Crippen LogP contribution in [-0.2, 0) is 13.6 Å². The third-order valence-corrected chi connectivity index (χ3v) is 2.54. The van der Waals surface area contributed by atoms with Gasteiger partial charge in [-0.25, -0.2) is 0 Å². The summed E-state index contributed by atoms with van der Waals surface area (Å²) < 4.78 is 17.9. The van der Waals surface area contributed by atoms with E-state index in [1.165, 1.54) is 0 Å². The minimum absolute atomic E-state index is 0.241. The molecule has 0 aromatic heterocycles. The molecule has 0 unspecified atom stereocenters. The van der Waals surface area contributed by atoms with Gasteiger partial charge in [0.1, 0.15) is 0 Å². The number of hydrogen-bond acceptors (Lipinski definition) is 5.